The second-order valence-corrected chi connectivity index (χ2v) is 7.70. The second kappa shape index (κ2) is 7.75. The summed E-state index contributed by atoms with van der Waals surface area (Å²) in [5.41, 5.74) is 2.16. The van der Waals surface area contributed by atoms with E-state index in [2.05, 4.69) is 25.8 Å². The van der Waals surface area contributed by atoms with Gasteiger partial charge in [0.25, 0.3) is 5.91 Å². The van der Waals surface area contributed by atoms with E-state index in [1.807, 2.05) is 6.92 Å². The van der Waals surface area contributed by atoms with E-state index in [9.17, 15) is 4.79 Å². The Morgan fingerprint density at radius 3 is 2.88 bits per heavy atom. The van der Waals surface area contributed by atoms with Gasteiger partial charge in [0, 0.05) is 25.2 Å². The maximum atomic E-state index is 15.2. The number of halogens is 1. The van der Waals surface area contributed by atoms with Crippen molar-refractivity contribution in [2.24, 2.45) is 5.92 Å². The van der Waals surface area contributed by atoms with Crippen molar-refractivity contribution in [3.8, 4) is 17.0 Å². The summed E-state index contributed by atoms with van der Waals surface area (Å²) < 4.78 is 28.9. The predicted molar refractivity (Wildman–Crippen MR) is 114 cm³/mol. The fraction of sp³-hybridized carbons (Fsp3) is 0.333. The highest BCUT2D eigenvalue weighted by Gasteiger charge is 2.27. The summed E-state index contributed by atoms with van der Waals surface area (Å²) in [6, 6.07) is 3.52. The normalized spacial score (nSPS) is 15.0. The molecule has 4 aromatic heterocycles. The molecule has 166 valence electrons. The number of carbonyl (C=O) groups excluding carboxylic acids is 1. The van der Waals surface area contributed by atoms with Crippen molar-refractivity contribution in [1.29, 1.82) is 0 Å². The van der Waals surface area contributed by atoms with Crippen molar-refractivity contribution in [2.75, 3.05) is 32.7 Å². The first-order chi connectivity index (χ1) is 15.5. The van der Waals surface area contributed by atoms with Crippen LogP contribution in [0.25, 0.3) is 22.2 Å². The Bertz CT molecular complexity index is 1330. The highest BCUT2D eigenvalue weighted by atomic mass is 19.1. The highest BCUT2D eigenvalue weighted by Crippen LogP contribution is 2.35. The van der Waals surface area contributed by atoms with Crippen LogP contribution in [-0.4, -0.2) is 63.5 Å². The number of fused-ring (bicyclic) bond motifs is 2. The molecule has 32 heavy (non-hydrogen) atoms. The zero-order valence-corrected chi connectivity index (χ0v) is 17.8. The van der Waals surface area contributed by atoms with Gasteiger partial charge in [-0.3, -0.25) is 4.79 Å². The van der Waals surface area contributed by atoms with E-state index in [1.165, 1.54) is 24.0 Å². The fourth-order valence-electron chi connectivity index (χ4n) is 3.81. The lowest BCUT2D eigenvalue weighted by atomic mass is 10.0. The van der Waals surface area contributed by atoms with Gasteiger partial charge in [-0.05, 0) is 24.6 Å². The Hall–Kier alpha value is -3.73. The van der Waals surface area contributed by atoms with Crippen molar-refractivity contribution in [3.63, 3.8) is 0 Å². The van der Waals surface area contributed by atoms with Crippen molar-refractivity contribution < 1.29 is 18.7 Å². The third kappa shape index (κ3) is 3.21. The number of pyridine rings is 1. The van der Waals surface area contributed by atoms with Crippen molar-refractivity contribution in [2.45, 2.75) is 13.0 Å². The molecule has 0 aliphatic carbocycles. The van der Waals surface area contributed by atoms with E-state index in [0.29, 0.717) is 47.2 Å². The van der Waals surface area contributed by atoms with Crippen LogP contribution >= 0.6 is 0 Å². The van der Waals surface area contributed by atoms with Crippen LogP contribution in [-0.2, 0) is 4.74 Å². The lowest BCUT2D eigenvalue weighted by Gasteiger charge is -2.31. The standard InChI is InChI=1S/C21H22FN7O3/c1-11(13-9-32-10-13)25-21-26-20(31-3)18-17(15(22)8-29(18)27-21)12-4-5-28-16(6-12)14(7-24-28)19(30)23-2/h4-8,11,13H,9-10H2,1-3H3,(H,23,30)(H,25,27)/t11-/m1/s1. The molecule has 0 saturated carbocycles. The van der Waals surface area contributed by atoms with Gasteiger partial charge < -0.3 is 20.1 Å². The van der Waals surface area contributed by atoms with E-state index in [4.69, 9.17) is 9.47 Å². The third-order valence-electron chi connectivity index (χ3n) is 5.76. The Labute approximate surface area is 182 Å². The molecule has 2 N–H and O–H groups in total. The average molecular weight is 439 g/mol. The van der Waals surface area contributed by atoms with E-state index in [1.54, 1.807) is 29.9 Å². The van der Waals surface area contributed by atoms with Crippen LogP contribution in [0.1, 0.15) is 17.3 Å². The number of ether oxygens (including phenoxy) is 2. The molecule has 1 amide bonds. The van der Waals surface area contributed by atoms with Gasteiger partial charge >= 0.3 is 0 Å². The average Bonchev–Trinajstić information content (AvgIpc) is 3.30. The number of carbonyl (C=O) groups is 1. The first-order valence-corrected chi connectivity index (χ1v) is 10.2. The molecular weight excluding hydrogens is 417 g/mol. The SMILES string of the molecule is CNC(=O)c1cnn2ccc(-c3c(F)cn4nc(N[C@H](C)C5COC5)nc(OC)c34)cc12. The van der Waals surface area contributed by atoms with Crippen LogP contribution in [0.4, 0.5) is 10.3 Å². The Kier molecular flexibility index (Phi) is 4.89. The molecule has 1 atom stereocenters. The zero-order chi connectivity index (χ0) is 22.4. The van der Waals surface area contributed by atoms with Gasteiger partial charge in [-0.15, -0.1) is 5.10 Å². The van der Waals surface area contributed by atoms with Crippen molar-refractivity contribution in [1.82, 2.24) is 29.5 Å². The minimum Gasteiger partial charge on any atom is -0.479 e. The highest BCUT2D eigenvalue weighted by molar-refractivity contribution is 6.01. The third-order valence-corrected chi connectivity index (χ3v) is 5.76. The van der Waals surface area contributed by atoms with Crippen molar-refractivity contribution in [3.05, 3.63) is 42.1 Å². The Morgan fingerprint density at radius 2 is 2.19 bits per heavy atom. The van der Waals surface area contributed by atoms with Gasteiger partial charge in [0.1, 0.15) is 5.52 Å². The lowest BCUT2D eigenvalue weighted by Crippen LogP contribution is -2.40. The number of anilines is 1. The van der Waals surface area contributed by atoms with Crippen molar-refractivity contribution >= 4 is 22.9 Å². The number of hydrogen-bond acceptors (Lipinski definition) is 7. The molecule has 1 aliphatic rings. The van der Waals surface area contributed by atoms with Gasteiger partial charge in [-0.25, -0.2) is 13.4 Å². The predicted octanol–water partition coefficient (Wildman–Crippen LogP) is 2.00. The fourth-order valence-corrected chi connectivity index (χ4v) is 3.81. The van der Waals surface area contributed by atoms with Crippen LogP contribution < -0.4 is 15.4 Å². The van der Waals surface area contributed by atoms with Crippen LogP contribution in [0.3, 0.4) is 0 Å². The Balaban J connectivity index is 1.61. The van der Waals surface area contributed by atoms with Gasteiger partial charge in [0.2, 0.25) is 11.8 Å². The molecular formula is C21H22FN7O3. The summed E-state index contributed by atoms with van der Waals surface area (Å²) in [6.45, 7) is 3.40. The monoisotopic (exact) mass is 439 g/mol. The first-order valence-electron chi connectivity index (χ1n) is 10.2. The number of nitrogens with one attached hydrogen (secondary N) is 2. The number of hydrogen-bond donors (Lipinski definition) is 2. The molecule has 10 nitrogen and oxygen atoms in total. The van der Waals surface area contributed by atoms with Crippen LogP contribution in [0.5, 0.6) is 5.88 Å². The molecule has 4 aromatic rings. The Morgan fingerprint density at radius 1 is 1.38 bits per heavy atom. The molecule has 1 fully saturated rings. The largest absolute Gasteiger partial charge is 0.479 e. The second-order valence-electron chi connectivity index (χ2n) is 7.70. The molecule has 1 aliphatic heterocycles. The molecule has 0 spiro atoms. The lowest BCUT2D eigenvalue weighted by molar-refractivity contribution is -0.0380. The van der Waals surface area contributed by atoms with Crippen LogP contribution in [0.15, 0.2) is 30.7 Å². The van der Waals surface area contributed by atoms with Crippen LogP contribution in [0.2, 0.25) is 0 Å². The first kappa shape index (κ1) is 20.2. The van der Waals surface area contributed by atoms with E-state index >= 15 is 4.39 Å². The van der Waals surface area contributed by atoms with Gasteiger partial charge in [0.15, 0.2) is 5.82 Å². The smallest absolute Gasteiger partial charge is 0.254 e. The summed E-state index contributed by atoms with van der Waals surface area (Å²) in [5.74, 6) is 0.179. The number of amides is 1. The molecule has 0 unspecified atom stereocenters. The summed E-state index contributed by atoms with van der Waals surface area (Å²) in [6.07, 6.45) is 4.44. The minimum absolute atomic E-state index is 0.0955. The maximum absolute atomic E-state index is 15.2. The molecule has 5 rings (SSSR count). The van der Waals surface area contributed by atoms with E-state index < -0.39 is 5.82 Å². The molecule has 11 heteroatoms. The quantitative estimate of drug-likeness (QED) is 0.473. The molecule has 0 radical (unpaired) electrons. The van der Waals surface area contributed by atoms with Gasteiger partial charge in [-0.2, -0.15) is 10.1 Å². The summed E-state index contributed by atoms with van der Waals surface area (Å²) >= 11 is 0. The summed E-state index contributed by atoms with van der Waals surface area (Å²) in [4.78, 5) is 16.6. The topological polar surface area (TPSA) is 107 Å². The number of rotatable bonds is 6. The van der Waals surface area contributed by atoms with Crippen LogP contribution in [0, 0.1) is 11.7 Å². The molecule has 5 heterocycles. The van der Waals surface area contributed by atoms with E-state index in [0.717, 1.165) is 0 Å². The van der Waals surface area contributed by atoms with E-state index in [-0.39, 0.29) is 23.4 Å². The maximum Gasteiger partial charge on any atom is 0.254 e. The number of aromatic nitrogens is 5. The minimum atomic E-state index is -0.486. The number of methoxy groups -OCH3 is 1. The van der Waals surface area contributed by atoms with Gasteiger partial charge in [-0.1, -0.05) is 0 Å². The number of nitrogens with zero attached hydrogens (tertiary/aromatic N) is 5. The van der Waals surface area contributed by atoms with Gasteiger partial charge in [0.05, 0.1) is 49.4 Å². The zero-order valence-electron chi connectivity index (χ0n) is 17.8. The summed E-state index contributed by atoms with van der Waals surface area (Å²) in [7, 11) is 3.03. The molecule has 1 saturated heterocycles. The molecule has 0 aromatic carbocycles. The molecule has 0 bridgehead atoms. The summed E-state index contributed by atoms with van der Waals surface area (Å²) in [5, 5.41) is 14.4.